The minimum absolute atomic E-state index is 0.277. The van der Waals surface area contributed by atoms with Crippen LogP contribution in [0.1, 0.15) is 27.2 Å². The maximum Gasteiger partial charge on any atom is 0.410 e. The predicted octanol–water partition coefficient (Wildman–Crippen LogP) is 1.90. The van der Waals surface area contributed by atoms with Gasteiger partial charge in [-0.1, -0.05) is 0 Å². The van der Waals surface area contributed by atoms with Crippen LogP contribution in [0.15, 0.2) is 0 Å². The van der Waals surface area contributed by atoms with Crippen molar-refractivity contribution in [1.82, 2.24) is 4.90 Å². The lowest BCUT2D eigenvalue weighted by atomic mass is 10.1. The van der Waals surface area contributed by atoms with Crippen molar-refractivity contribution in [3.63, 3.8) is 0 Å². The molecule has 1 rings (SSSR count). The maximum absolute atomic E-state index is 11.9. The number of hydrogen-bond donors (Lipinski definition) is 0. The van der Waals surface area contributed by atoms with Crippen LogP contribution in [0.2, 0.25) is 0 Å². The van der Waals surface area contributed by atoms with Gasteiger partial charge in [0, 0.05) is 13.1 Å². The lowest BCUT2D eigenvalue weighted by Crippen LogP contribution is -2.42. The Morgan fingerprint density at radius 1 is 1.33 bits per heavy atom. The first-order chi connectivity index (χ1) is 8.24. The Balaban J connectivity index is 2.70. The second kappa shape index (κ2) is 5.38. The molecule has 5 nitrogen and oxygen atoms in total. The largest absolute Gasteiger partial charge is 0.468 e. The summed E-state index contributed by atoms with van der Waals surface area (Å²) in [4.78, 5) is 25.3. The van der Waals surface area contributed by atoms with Gasteiger partial charge in [-0.3, -0.25) is 4.79 Å². The first-order valence-corrected chi connectivity index (χ1v) is 7.08. The van der Waals surface area contributed by atoms with Crippen molar-refractivity contribution in [2.75, 3.05) is 26.5 Å². The van der Waals surface area contributed by atoms with Gasteiger partial charge < -0.3 is 14.4 Å². The standard InChI is InChI=1S/C12H21NO4S/c1-11(2,3)17-10(15)13-7-6-12(8-13,18-5)9(14)16-4/h6-8H2,1-5H3. The van der Waals surface area contributed by atoms with Gasteiger partial charge in [-0.25, -0.2) is 4.79 Å². The summed E-state index contributed by atoms with van der Waals surface area (Å²) in [6, 6.07) is 0. The first-order valence-electron chi connectivity index (χ1n) is 5.85. The number of carbonyl (C=O) groups excluding carboxylic acids is 2. The lowest BCUT2D eigenvalue weighted by Gasteiger charge is -2.26. The second-order valence-corrected chi connectivity index (χ2v) is 6.53. The highest BCUT2D eigenvalue weighted by Gasteiger charge is 2.47. The molecule has 18 heavy (non-hydrogen) atoms. The molecule has 0 spiro atoms. The van der Waals surface area contributed by atoms with Crippen molar-refractivity contribution in [3.05, 3.63) is 0 Å². The number of carbonyl (C=O) groups is 2. The summed E-state index contributed by atoms with van der Waals surface area (Å²) >= 11 is 1.43. The molecule has 1 fully saturated rings. The van der Waals surface area contributed by atoms with Crippen LogP contribution in [-0.2, 0) is 14.3 Å². The van der Waals surface area contributed by atoms with Crippen molar-refractivity contribution < 1.29 is 19.1 Å². The number of likely N-dealkylation sites (tertiary alicyclic amines) is 1. The van der Waals surface area contributed by atoms with E-state index >= 15 is 0 Å². The minimum Gasteiger partial charge on any atom is -0.468 e. The molecule has 1 atom stereocenters. The third kappa shape index (κ3) is 3.31. The molecule has 6 heteroatoms. The van der Waals surface area contributed by atoms with Gasteiger partial charge in [-0.15, -0.1) is 11.8 Å². The number of rotatable bonds is 2. The molecule has 0 aromatic heterocycles. The predicted molar refractivity (Wildman–Crippen MR) is 70.7 cm³/mol. The Kier molecular flexibility index (Phi) is 4.53. The van der Waals surface area contributed by atoms with Crippen LogP contribution < -0.4 is 0 Å². The Labute approximate surface area is 112 Å². The fourth-order valence-corrected chi connectivity index (χ4v) is 2.70. The molecule has 0 aromatic carbocycles. The van der Waals surface area contributed by atoms with Gasteiger partial charge in [0.15, 0.2) is 0 Å². The number of ether oxygens (including phenoxy) is 2. The number of esters is 1. The van der Waals surface area contributed by atoms with E-state index in [2.05, 4.69) is 0 Å². The minimum atomic E-state index is -0.647. The highest BCUT2D eigenvalue weighted by atomic mass is 32.2. The quantitative estimate of drug-likeness (QED) is 0.720. The van der Waals surface area contributed by atoms with Gasteiger partial charge in [0.05, 0.1) is 7.11 Å². The third-order valence-corrected chi connectivity index (χ3v) is 4.11. The van der Waals surface area contributed by atoms with E-state index in [-0.39, 0.29) is 12.1 Å². The highest BCUT2D eigenvalue weighted by molar-refractivity contribution is 8.00. The van der Waals surface area contributed by atoms with Gasteiger partial charge in [-0.2, -0.15) is 0 Å². The first kappa shape index (κ1) is 15.1. The molecule has 1 aliphatic heterocycles. The van der Waals surface area contributed by atoms with Crippen LogP contribution in [0, 0.1) is 0 Å². The van der Waals surface area contributed by atoms with Crippen LogP contribution >= 0.6 is 11.8 Å². The maximum atomic E-state index is 11.9. The van der Waals surface area contributed by atoms with Crippen molar-refractivity contribution in [1.29, 1.82) is 0 Å². The van der Waals surface area contributed by atoms with Crippen LogP contribution in [0.5, 0.6) is 0 Å². The molecule has 1 amide bonds. The zero-order valence-electron chi connectivity index (χ0n) is 11.6. The molecule has 0 aliphatic carbocycles. The molecule has 0 bridgehead atoms. The van der Waals surface area contributed by atoms with E-state index < -0.39 is 10.3 Å². The van der Waals surface area contributed by atoms with Gasteiger partial charge in [0.2, 0.25) is 0 Å². The smallest absolute Gasteiger partial charge is 0.410 e. The number of hydrogen-bond acceptors (Lipinski definition) is 5. The second-order valence-electron chi connectivity index (χ2n) is 5.34. The molecule has 1 saturated heterocycles. The summed E-state index contributed by atoms with van der Waals surface area (Å²) in [6.07, 6.45) is 2.08. The molecule has 0 N–H and O–H groups in total. The Hall–Kier alpha value is -0.910. The van der Waals surface area contributed by atoms with Gasteiger partial charge in [-0.05, 0) is 33.4 Å². The van der Waals surface area contributed by atoms with Crippen molar-refractivity contribution >= 4 is 23.8 Å². The number of nitrogens with zero attached hydrogens (tertiary/aromatic N) is 1. The van der Waals surface area contributed by atoms with Crippen molar-refractivity contribution in [2.24, 2.45) is 0 Å². The zero-order valence-corrected chi connectivity index (χ0v) is 12.4. The number of methoxy groups -OCH3 is 1. The molecular weight excluding hydrogens is 254 g/mol. The molecule has 0 radical (unpaired) electrons. The van der Waals surface area contributed by atoms with Crippen LogP contribution in [0.3, 0.4) is 0 Å². The summed E-state index contributed by atoms with van der Waals surface area (Å²) in [7, 11) is 1.37. The van der Waals surface area contributed by atoms with E-state index in [0.717, 1.165) is 0 Å². The Morgan fingerprint density at radius 3 is 2.39 bits per heavy atom. The van der Waals surface area contributed by atoms with Gasteiger partial charge in [0.25, 0.3) is 0 Å². The van der Waals surface area contributed by atoms with E-state index in [1.165, 1.54) is 18.9 Å². The summed E-state index contributed by atoms with van der Waals surface area (Å²) in [5.74, 6) is -0.277. The van der Waals surface area contributed by atoms with E-state index in [0.29, 0.717) is 19.5 Å². The van der Waals surface area contributed by atoms with E-state index in [9.17, 15) is 9.59 Å². The fraction of sp³-hybridized carbons (Fsp3) is 0.833. The molecule has 0 aromatic rings. The van der Waals surface area contributed by atoms with Crippen molar-refractivity contribution in [3.8, 4) is 0 Å². The summed E-state index contributed by atoms with van der Waals surface area (Å²) in [6.45, 7) is 6.33. The van der Waals surface area contributed by atoms with Gasteiger partial charge >= 0.3 is 12.1 Å². The zero-order chi connectivity index (χ0) is 14.0. The van der Waals surface area contributed by atoms with Crippen LogP contribution in [-0.4, -0.2) is 53.8 Å². The number of thioether (sulfide) groups is 1. The lowest BCUT2D eigenvalue weighted by molar-refractivity contribution is -0.143. The number of amides is 1. The van der Waals surface area contributed by atoms with Crippen molar-refractivity contribution in [2.45, 2.75) is 37.5 Å². The third-order valence-electron chi connectivity index (χ3n) is 2.83. The van der Waals surface area contributed by atoms with E-state index in [4.69, 9.17) is 9.47 Å². The monoisotopic (exact) mass is 275 g/mol. The van der Waals surface area contributed by atoms with Gasteiger partial charge in [0.1, 0.15) is 10.3 Å². The van der Waals surface area contributed by atoms with E-state index in [1.807, 2.05) is 27.0 Å². The average molecular weight is 275 g/mol. The SMILES string of the molecule is COC(=O)C1(SC)CCN(C(=O)OC(C)(C)C)C1. The van der Waals surface area contributed by atoms with Crippen LogP contribution in [0.25, 0.3) is 0 Å². The summed E-state index contributed by atoms with van der Waals surface area (Å²) in [5, 5.41) is 0. The molecule has 1 aliphatic rings. The summed E-state index contributed by atoms with van der Waals surface area (Å²) < 4.78 is 9.47. The molecule has 1 heterocycles. The normalized spacial score (nSPS) is 23.9. The fourth-order valence-electron chi connectivity index (χ4n) is 1.87. The molecule has 0 saturated carbocycles. The molecule has 104 valence electrons. The van der Waals surface area contributed by atoms with E-state index in [1.54, 1.807) is 4.90 Å². The molecular formula is C12H21NO4S. The highest BCUT2D eigenvalue weighted by Crippen LogP contribution is 2.35. The molecule has 1 unspecified atom stereocenters. The average Bonchev–Trinajstić information content (AvgIpc) is 2.71. The van der Waals surface area contributed by atoms with Crippen LogP contribution in [0.4, 0.5) is 4.79 Å². The summed E-state index contributed by atoms with van der Waals surface area (Å²) in [5.41, 5.74) is -0.521. The Bertz CT molecular complexity index is 339. The topological polar surface area (TPSA) is 55.8 Å². The Morgan fingerprint density at radius 2 is 1.94 bits per heavy atom.